The van der Waals surface area contributed by atoms with Gasteiger partial charge in [0.05, 0.1) is 17.6 Å². The maximum absolute atomic E-state index is 13.5. The van der Waals surface area contributed by atoms with Crippen LogP contribution in [0.15, 0.2) is 48.5 Å². The van der Waals surface area contributed by atoms with Gasteiger partial charge in [-0.15, -0.1) is 0 Å². The molecule has 3 aromatic rings. The van der Waals surface area contributed by atoms with E-state index in [0.717, 1.165) is 80.7 Å². The van der Waals surface area contributed by atoms with E-state index in [-0.39, 0.29) is 11.7 Å². The zero-order valence-electron chi connectivity index (χ0n) is 21.7. The molecule has 0 N–H and O–H groups in total. The predicted octanol–water partition coefficient (Wildman–Crippen LogP) is 4.92. The molecule has 2 aromatic carbocycles. The fraction of sp³-hybridized carbons (Fsp3) is 0.533. The van der Waals surface area contributed by atoms with E-state index in [4.69, 9.17) is 4.98 Å². The standard InChI is InChI=1S/C30H38FN5O/c31-25-12-10-23(11-13-25)22-36-28-9-5-4-8-27(28)32-30(36)35-16-14-24(15-17-35)29(37)34-20-18-33(19-21-34)26-6-2-1-3-7-26/h4-5,8-13,24,26H,1-3,6-7,14-22H2. The third kappa shape index (κ3) is 5.24. The van der Waals surface area contributed by atoms with Gasteiger partial charge in [-0.2, -0.15) is 0 Å². The lowest BCUT2D eigenvalue weighted by Gasteiger charge is -2.42. The third-order valence-corrected chi connectivity index (χ3v) is 8.73. The van der Waals surface area contributed by atoms with Gasteiger partial charge in [-0.05, 0) is 55.5 Å². The molecule has 0 spiro atoms. The van der Waals surface area contributed by atoms with E-state index in [9.17, 15) is 9.18 Å². The van der Waals surface area contributed by atoms with E-state index in [1.54, 1.807) is 0 Å². The minimum Gasteiger partial charge on any atom is -0.342 e. The van der Waals surface area contributed by atoms with Gasteiger partial charge in [0, 0.05) is 51.2 Å². The molecule has 0 bridgehead atoms. The number of anilines is 1. The number of piperidine rings is 1. The number of fused-ring (bicyclic) bond motifs is 1. The summed E-state index contributed by atoms with van der Waals surface area (Å²) in [6.45, 7) is 6.11. The molecule has 1 saturated carbocycles. The SMILES string of the molecule is O=C(C1CCN(c2nc3ccccc3n2Cc2ccc(F)cc2)CC1)N1CCN(C2CCCCC2)CC1. The van der Waals surface area contributed by atoms with Crippen LogP contribution in [0.25, 0.3) is 11.0 Å². The van der Waals surface area contributed by atoms with Crippen LogP contribution in [0, 0.1) is 11.7 Å². The second-order valence-electron chi connectivity index (χ2n) is 11.0. The van der Waals surface area contributed by atoms with Gasteiger partial charge in [-0.1, -0.05) is 43.5 Å². The number of carbonyl (C=O) groups excluding carboxylic acids is 1. The average molecular weight is 504 g/mol. The Hall–Kier alpha value is -2.93. The molecule has 0 atom stereocenters. The molecule has 2 saturated heterocycles. The molecule has 0 unspecified atom stereocenters. The zero-order valence-corrected chi connectivity index (χ0v) is 21.7. The molecule has 1 aromatic heterocycles. The maximum Gasteiger partial charge on any atom is 0.225 e. The zero-order chi connectivity index (χ0) is 25.2. The number of imidazole rings is 1. The Kier molecular flexibility index (Phi) is 7.14. The first-order valence-electron chi connectivity index (χ1n) is 14.1. The van der Waals surface area contributed by atoms with E-state index in [1.807, 2.05) is 30.3 Å². The maximum atomic E-state index is 13.5. The van der Waals surface area contributed by atoms with Gasteiger partial charge in [-0.25, -0.2) is 9.37 Å². The largest absolute Gasteiger partial charge is 0.342 e. The highest BCUT2D eigenvalue weighted by molar-refractivity contribution is 5.80. The van der Waals surface area contributed by atoms with Crippen molar-refractivity contribution in [3.63, 3.8) is 0 Å². The van der Waals surface area contributed by atoms with E-state index in [2.05, 4.69) is 25.3 Å². The minimum absolute atomic E-state index is 0.104. The number of carbonyl (C=O) groups is 1. The summed E-state index contributed by atoms with van der Waals surface area (Å²) in [6, 6.07) is 15.6. The van der Waals surface area contributed by atoms with Crippen molar-refractivity contribution in [2.75, 3.05) is 44.2 Å². The molecule has 6 nitrogen and oxygen atoms in total. The number of halogens is 1. The van der Waals surface area contributed by atoms with E-state index in [1.165, 1.54) is 44.2 Å². The topological polar surface area (TPSA) is 44.6 Å². The van der Waals surface area contributed by atoms with Crippen molar-refractivity contribution in [2.24, 2.45) is 5.92 Å². The summed E-state index contributed by atoms with van der Waals surface area (Å²) >= 11 is 0. The average Bonchev–Trinajstić information content (AvgIpc) is 3.33. The van der Waals surface area contributed by atoms with Crippen LogP contribution in [0.4, 0.5) is 10.3 Å². The number of nitrogens with zero attached hydrogens (tertiary/aromatic N) is 5. The fourth-order valence-electron chi connectivity index (χ4n) is 6.57. The van der Waals surface area contributed by atoms with Crippen LogP contribution in [0.2, 0.25) is 0 Å². The molecule has 37 heavy (non-hydrogen) atoms. The van der Waals surface area contributed by atoms with Crippen molar-refractivity contribution in [3.05, 3.63) is 59.9 Å². The molecule has 1 aliphatic carbocycles. The van der Waals surface area contributed by atoms with Gasteiger partial charge in [0.1, 0.15) is 5.82 Å². The van der Waals surface area contributed by atoms with Crippen LogP contribution < -0.4 is 4.90 Å². The van der Waals surface area contributed by atoms with Gasteiger partial charge in [0.2, 0.25) is 11.9 Å². The van der Waals surface area contributed by atoms with Gasteiger partial charge in [0.15, 0.2) is 0 Å². The predicted molar refractivity (Wildman–Crippen MR) is 145 cm³/mol. The molecule has 1 amide bonds. The van der Waals surface area contributed by atoms with Crippen LogP contribution in [-0.2, 0) is 11.3 Å². The quantitative estimate of drug-likeness (QED) is 0.496. The molecular weight excluding hydrogens is 465 g/mol. The number of amides is 1. The summed E-state index contributed by atoms with van der Waals surface area (Å²) in [5.41, 5.74) is 3.09. The summed E-state index contributed by atoms with van der Waals surface area (Å²) < 4.78 is 15.7. The Labute approximate surface area is 219 Å². The Balaban J connectivity index is 1.10. The summed E-state index contributed by atoms with van der Waals surface area (Å²) in [7, 11) is 0. The lowest BCUT2D eigenvalue weighted by molar-refractivity contribution is -0.138. The molecular formula is C30H38FN5O. The molecule has 2 aliphatic heterocycles. The highest BCUT2D eigenvalue weighted by Crippen LogP contribution is 2.29. The van der Waals surface area contributed by atoms with Crippen LogP contribution in [0.1, 0.15) is 50.5 Å². The Morgan fingerprint density at radius 1 is 0.838 bits per heavy atom. The molecule has 0 radical (unpaired) electrons. The summed E-state index contributed by atoms with van der Waals surface area (Å²) in [5.74, 6) is 1.18. The molecule has 3 aliphatic rings. The first kappa shape index (κ1) is 24.4. The fourth-order valence-corrected chi connectivity index (χ4v) is 6.57. The number of benzene rings is 2. The normalized spacial score (nSPS) is 20.6. The van der Waals surface area contributed by atoms with Gasteiger partial charge >= 0.3 is 0 Å². The van der Waals surface area contributed by atoms with E-state index in [0.29, 0.717) is 12.5 Å². The highest BCUT2D eigenvalue weighted by atomic mass is 19.1. The highest BCUT2D eigenvalue weighted by Gasteiger charge is 2.33. The first-order chi connectivity index (χ1) is 18.2. The van der Waals surface area contributed by atoms with Crippen molar-refractivity contribution in [1.82, 2.24) is 19.4 Å². The van der Waals surface area contributed by atoms with E-state index < -0.39 is 0 Å². The molecule has 3 fully saturated rings. The number of aromatic nitrogens is 2. The molecule has 196 valence electrons. The van der Waals surface area contributed by atoms with Crippen molar-refractivity contribution < 1.29 is 9.18 Å². The first-order valence-corrected chi connectivity index (χ1v) is 14.1. The van der Waals surface area contributed by atoms with Crippen molar-refractivity contribution in [3.8, 4) is 0 Å². The van der Waals surface area contributed by atoms with Crippen LogP contribution in [-0.4, -0.2) is 70.6 Å². The van der Waals surface area contributed by atoms with Crippen molar-refractivity contribution in [2.45, 2.75) is 57.5 Å². The molecule has 7 heteroatoms. The number of para-hydroxylation sites is 2. The van der Waals surface area contributed by atoms with Gasteiger partial charge in [-0.3, -0.25) is 9.69 Å². The number of hydrogen-bond acceptors (Lipinski definition) is 4. The number of piperazine rings is 1. The number of hydrogen-bond donors (Lipinski definition) is 0. The Morgan fingerprint density at radius 2 is 1.54 bits per heavy atom. The van der Waals surface area contributed by atoms with Crippen LogP contribution in [0.5, 0.6) is 0 Å². The molecule has 3 heterocycles. The van der Waals surface area contributed by atoms with Crippen LogP contribution >= 0.6 is 0 Å². The van der Waals surface area contributed by atoms with Crippen LogP contribution in [0.3, 0.4) is 0 Å². The van der Waals surface area contributed by atoms with Crippen molar-refractivity contribution in [1.29, 1.82) is 0 Å². The summed E-state index contributed by atoms with van der Waals surface area (Å²) in [5, 5.41) is 0. The lowest BCUT2D eigenvalue weighted by atomic mass is 9.93. The smallest absolute Gasteiger partial charge is 0.225 e. The lowest BCUT2D eigenvalue weighted by Crippen LogP contribution is -2.54. The Morgan fingerprint density at radius 3 is 2.27 bits per heavy atom. The summed E-state index contributed by atoms with van der Waals surface area (Å²) in [6.07, 6.45) is 8.50. The van der Waals surface area contributed by atoms with Gasteiger partial charge < -0.3 is 14.4 Å². The third-order valence-electron chi connectivity index (χ3n) is 8.73. The summed E-state index contributed by atoms with van der Waals surface area (Å²) in [4.78, 5) is 25.5. The second-order valence-corrected chi connectivity index (χ2v) is 11.0. The van der Waals surface area contributed by atoms with Crippen molar-refractivity contribution >= 4 is 22.9 Å². The minimum atomic E-state index is -0.221. The van der Waals surface area contributed by atoms with Gasteiger partial charge in [0.25, 0.3) is 0 Å². The Bertz CT molecular complexity index is 1200. The second kappa shape index (κ2) is 10.8. The number of rotatable bonds is 5. The molecule has 6 rings (SSSR count). The monoisotopic (exact) mass is 503 g/mol. The van der Waals surface area contributed by atoms with E-state index >= 15 is 0 Å².